The zero-order valence-electron chi connectivity index (χ0n) is 17.0. The number of fused-ring (bicyclic) bond motifs is 1. The van der Waals surface area contributed by atoms with Crippen molar-refractivity contribution < 1.29 is 8.42 Å². The fraction of sp³-hybridized carbons (Fsp3) is 0.636. The summed E-state index contributed by atoms with van der Waals surface area (Å²) in [6.45, 7) is 2.50. The molecule has 1 saturated carbocycles. The third kappa shape index (κ3) is 4.05. The van der Waals surface area contributed by atoms with Gasteiger partial charge in [0.2, 0.25) is 0 Å². The van der Waals surface area contributed by atoms with Crippen molar-refractivity contribution in [1.29, 1.82) is 0 Å². The molecule has 6 nitrogen and oxygen atoms in total. The Balaban J connectivity index is 1.26. The van der Waals surface area contributed by atoms with Crippen LogP contribution in [0, 0.1) is 0 Å². The first-order chi connectivity index (χ1) is 14.1. The summed E-state index contributed by atoms with van der Waals surface area (Å²) in [6, 6.07) is 6.48. The molecule has 2 aliphatic heterocycles. The van der Waals surface area contributed by atoms with Gasteiger partial charge in [-0.1, -0.05) is 12.8 Å². The Morgan fingerprint density at radius 1 is 0.828 bits per heavy atom. The maximum Gasteiger partial charge on any atom is 0.281 e. The molecule has 0 radical (unpaired) electrons. The van der Waals surface area contributed by atoms with E-state index in [0.29, 0.717) is 38.0 Å². The first-order valence-electron chi connectivity index (χ1n) is 11.1. The molecular formula is C22H30N4O2S. The molecule has 2 saturated heterocycles. The van der Waals surface area contributed by atoms with Crippen LogP contribution in [0.1, 0.15) is 74.5 Å². The molecule has 3 aliphatic rings. The lowest BCUT2D eigenvalue weighted by Crippen LogP contribution is -2.47. The standard InChI is InChI=1S/C22H30N4O2S/c27-29(28,25-11-3-1-2-4-12-25)26-13-9-18(10-14-26)21-8-7-19-15-20(17-5-6-17)16-23-22(19)24-21/h7-8,15-18H,1-6,9-14H2. The van der Waals surface area contributed by atoms with Crippen molar-refractivity contribution >= 4 is 21.2 Å². The van der Waals surface area contributed by atoms with Gasteiger partial charge in [-0.2, -0.15) is 17.0 Å². The minimum absolute atomic E-state index is 0.305. The van der Waals surface area contributed by atoms with E-state index in [1.165, 1.54) is 18.4 Å². The molecule has 4 heterocycles. The molecule has 156 valence electrons. The van der Waals surface area contributed by atoms with Gasteiger partial charge in [-0.3, -0.25) is 0 Å². The number of hydrogen-bond acceptors (Lipinski definition) is 4. The van der Waals surface area contributed by atoms with Crippen molar-refractivity contribution in [2.24, 2.45) is 0 Å². The molecule has 7 heteroatoms. The highest BCUT2D eigenvalue weighted by Gasteiger charge is 2.34. The van der Waals surface area contributed by atoms with Crippen LogP contribution in [0.3, 0.4) is 0 Å². The zero-order chi connectivity index (χ0) is 19.8. The van der Waals surface area contributed by atoms with Gasteiger partial charge in [0.15, 0.2) is 5.65 Å². The maximum atomic E-state index is 13.0. The van der Waals surface area contributed by atoms with Crippen molar-refractivity contribution in [1.82, 2.24) is 18.6 Å². The van der Waals surface area contributed by atoms with E-state index in [1.807, 2.05) is 6.20 Å². The quantitative estimate of drug-likeness (QED) is 0.763. The van der Waals surface area contributed by atoms with Gasteiger partial charge in [0.1, 0.15) is 0 Å². The van der Waals surface area contributed by atoms with E-state index in [1.54, 1.807) is 8.61 Å². The van der Waals surface area contributed by atoms with E-state index in [9.17, 15) is 8.42 Å². The summed E-state index contributed by atoms with van der Waals surface area (Å²) >= 11 is 0. The van der Waals surface area contributed by atoms with Gasteiger partial charge in [0.25, 0.3) is 10.2 Å². The predicted molar refractivity (Wildman–Crippen MR) is 114 cm³/mol. The van der Waals surface area contributed by atoms with Crippen LogP contribution < -0.4 is 0 Å². The molecule has 0 bridgehead atoms. The number of aromatic nitrogens is 2. The molecular weight excluding hydrogens is 384 g/mol. The first-order valence-corrected chi connectivity index (χ1v) is 12.5. The van der Waals surface area contributed by atoms with Crippen LogP contribution in [0.25, 0.3) is 11.0 Å². The molecule has 5 rings (SSSR count). The number of rotatable bonds is 4. The van der Waals surface area contributed by atoms with Gasteiger partial charge in [-0.15, -0.1) is 0 Å². The molecule has 0 N–H and O–H groups in total. The highest BCUT2D eigenvalue weighted by molar-refractivity contribution is 7.86. The SMILES string of the molecule is O=S(=O)(N1CCCCCC1)N1CCC(c2ccc3cc(C4CC4)cnc3n2)CC1. The van der Waals surface area contributed by atoms with E-state index < -0.39 is 10.2 Å². The zero-order valence-corrected chi connectivity index (χ0v) is 17.8. The molecule has 29 heavy (non-hydrogen) atoms. The van der Waals surface area contributed by atoms with E-state index >= 15 is 0 Å². The van der Waals surface area contributed by atoms with Crippen molar-refractivity contribution in [2.45, 2.75) is 63.2 Å². The van der Waals surface area contributed by atoms with Crippen LogP contribution in [0.15, 0.2) is 24.4 Å². The maximum absolute atomic E-state index is 13.0. The first kappa shape index (κ1) is 19.4. The van der Waals surface area contributed by atoms with Crippen LogP contribution in [0.5, 0.6) is 0 Å². The van der Waals surface area contributed by atoms with Gasteiger partial charge < -0.3 is 0 Å². The largest absolute Gasteiger partial charge is 0.281 e. The molecule has 1 aliphatic carbocycles. The van der Waals surface area contributed by atoms with Gasteiger partial charge in [-0.05, 0) is 68.2 Å². The molecule has 0 aromatic carbocycles. The minimum Gasteiger partial charge on any atom is -0.236 e. The number of hydrogen-bond donors (Lipinski definition) is 0. The molecule has 0 atom stereocenters. The second-order valence-electron chi connectivity index (χ2n) is 8.82. The smallest absolute Gasteiger partial charge is 0.236 e. The van der Waals surface area contributed by atoms with Crippen molar-refractivity contribution in [3.63, 3.8) is 0 Å². The highest BCUT2D eigenvalue weighted by Crippen LogP contribution is 2.40. The summed E-state index contributed by atoms with van der Waals surface area (Å²) in [7, 11) is -3.32. The lowest BCUT2D eigenvalue weighted by atomic mass is 9.94. The van der Waals surface area contributed by atoms with Crippen LogP contribution in [0.2, 0.25) is 0 Å². The second-order valence-corrected chi connectivity index (χ2v) is 10.7. The second kappa shape index (κ2) is 7.93. The highest BCUT2D eigenvalue weighted by atomic mass is 32.2. The molecule has 0 unspecified atom stereocenters. The summed E-state index contributed by atoms with van der Waals surface area (Å²) in [5, 5.41) is 1.11. The van der Waals surface area contributed by atoms with E-state index in [0.717, 1.165) is 55.3 Å². The summed E-state index contributed by atoms with van der Waals surface area (Å²) < 4.78 is 29.5. The average molecular weight is 415 g/mol. The third-order valence-corrected chi connectivity index (χ3v) is 8.76. The molecule has 2 aromatic heterocycles. The lowest BCUT2D eigenvalue weighted by Gasteiger charge is -2.34. The fourth-order valence-corrected chi connectivity index (χ4v) is 6.45. The molecule has 2 aromatic rings. The normalized spacial score (nSPS) is 23.3. The number of piperidine rings is 1. The van der Waals surface area contributed by atoms with Crippen molar-refractivity contribution in [3.05, 3.63) is 35.7 Å². The molecule has 0 amide bonds. The Kier molecular flexibility index (Phi) is 5.30. The van der Waals surface area contributed by atoms with Crippen LogP contribution in [0.4, 0.5) is 0 Å². The van der Waals surface area contributed by atoms with E-state index in [4.69, 9.17) is 4.98 Å². The van der Waals surface area contributed by atoms with Gasteiger partial charge in [0, 0.05) is 49.4 Å². The number of pyridine rings is 2. The van der Waals surface area contributed by atoms with E-state index in [-0.39, 0.29) is 0 Å². The predicted octanol–water partition coefficient (Wildman–Crippen LogP) is 3.81. The van der Waals surface area contributed by atoms with Crippen molar-refractivity contribution in [2.75, 3.05) is 26.2 Å². The third-order valence-electron chi connectivity index (χ3n) is 6.72. The van der Waals surface area contributed by atoms with Gasteiger partial charge in [-0.25, -0.2) is 9.97 Å². The molecule has 0 spiro atoms. The topological polar surface area (TPSA) is 66.4 Å². The summed E-state index contributed by atoms with van der Waals surface area (Å²) in [5.41, 5.74) is 3.20. The lowest BCUT2D eigenvalue weighted by molar-refractivity contribution is 0.286. The van der Waals surface area contributed by atoms with Crippen LogP contribution >= 0.6 is 0 Å². The summed E-state index contributed by atoms with van der Waals surface area (Å²) in [5.74, 6) is 1.00. The monoisotopic (exact) mass is 414 g/mol. The Morgan fingerprint density at radius 2 is 1.52 bits per heavy atom. The Hall–Kier alpha value is -1.57. The fourth-order valence-electron chi connectivity index (χ4n) is 4.73. The van der Waals surface area contributed by atoms with Crippen molar-refractivity contribution in [3.8, 4) is 0 Å². The van der Waals surface area contributed by atoms with Crippen LogP contribution in [-0.4, -0.2) is 53.2 Å². The summed E-state index contributed by atoms with van der Waals surface area (Å²) in [6.07, 6.45) is 10.4. The Bertz CT molecular complexity index is 973. The average Bonchev–Trinajstić information content (AvgIpc) is 3.60. The molecule has 3 fully saturated rings. The summed E-state index contributed by atoms with van der Waals surface area (Å²) in [4.78, 5) is 9.42. The minimum atomic E-state index is -3.32. The Labute approximate surface area is 173 Å². The van der Waals surface area contributed by atoms with E-state index in [2.05, 4.69) is 23.2 Å². The van der Waals surface area contributed by atoms with Gasteiger partial charge in [0.05, 0.1) is 0 Å². The number of nitrogens with zero attached hydrogens (tertiary/aromatic N) is 4. The van der Waals surface area contributed by atoms with Gasteiger partial charge >= 0.3 is 0 Å². The van der Waals surface area contributed by atoms with Crippen LogP contribution in [-0.2, 0) is 10.2 Å². The Morgan fingerprint density at radius 3 is 2.21 bits per heavy atom.